The number of hydrogen-bond acceptors (Lipinski definition) is 6. The zero-order valence-corrected chi connectivity index (χ0v) is 22.9. The Labute approximate surface area is 236 Å². The number of fused-ring (bicyclic) bond motifs is 2. The second-order valence-electron chi connectivity index (χ2n) is 9.32. The normalized spacial score (nSPS) is 11.3. The molecule has 3 aromatic carbocycles. The SMILES string of the molecule is CCOC(=O)c1sc(CC(=O)/C(C#N)=C/c2cn(Cc3cccc4ccccc34)c3ccccc23)c(C#N)c1C. The van der Waals surface area contributed by atoms with Gasteiger partial charge in [-0.25, -0.2) is 4.79 Å². The molecule has 0 saturated carbocycles. The highest BCUT2D eigenvalue weighted by atomic mass is 32.1. The van der Waals surface area contributed by atoms with Crippen LogP contribution in [-0.4, -0.2) is 22.9 Å². The zero-order valence-electron chi connectivity index (χ0n) is 22.1. The number of carbonyl (C=O) groups is 2. The maximum atomic E-state index is 13.3. The Bertz CT molecular complexity index is 1890. The second-order valence-corrected chi connectivity index (χ2v) is 10.4. The van der Waals surface area contributed by atoms with Crippen molar-refractivity contribution < 1.29 is 14.3 Å². The quantitative estimate of drug-likeness (QED) is 0.120. The highest BCUT2D eigenvalue weighted by molar-refractivity contribution is 7.14. The molecule has 40 heavy (non-hydrogen) atoms. The molecule has 0 aliphatic heterocycles. The zero-order chi connectivity index (χ0) is 28.2. The molecular formula is C33H25N3O3S. The van der Waals surface area contributed by atoms with Crippen molar-refractivity contribution in [3.05, 3.63) is 111 Å². The number of nitriles is 2. The first-order chi connectivity index (χ1) is 19.4. The maximum Gasteiger partial charge on any atom is 0.348 e. The van der Waals surface area contributed by atoms with Crippen molar-refractivity contribution in [2.45, 2.75) is 26.8 Å². The van der Waals surface area contributed by atoms with Crippen LogP contribution >= 0.6 is 11.3 Å². The third-order valence-corrected chi connectivity index (χ3v) is 8.15. The van der Waals surface area contributed by atoms with Gasteiger partial charge in [-0.3, -0.25) is 4.79 Å². The van der Waals surface area contributed by atoms with Crippen LogP contribution in [0.4, 0.5) is 0 Å². The third-order valence-electron chi connectivity index (χ3n) is 6.87. The molecular weight excluding hydrogens is 518 g/mol. The molecule has 0 N–H and O–H groups in total. The predicted octanol–water partition coefficient (Wildman–Crippen LogP) is 6.98. The first kappa shape index (κ1) is 26.6. The van der Waals surface area contributed by atoms with E-state index in [1.165, 1.54) is 16.3 Å². The van der Waals surface area contributed by atoms with E-state index in [-0.39, 0.29) is 24.2 Å². The number of rotatable bonds is 8. The number of allylic oxidation sites excluding steroid dienone is 1. The number of nitrogens with zero attached hydrogens (tertiary/aromatic N) is 3. The number of aromatic nitrogens is 1. The molecule has 0 spiro atoms. The van der Waals surface area contributed by atoms with Crippen molar-refractivity contribution in [1.82, 2.24) is 4.57 Å². The summed E-state index contributed by atoms with van der Waals surface area (Å²) in [5, 5.41) is 22.9. The molecule has 2 heterocycles. The van der Waals surface area contributed by atoms with Gasteiger partial charge in [0.15, 0.2) is 5.78 Å². The third kappa shape index (κ3) is 5.03. The van der Waals surface area contributed by atoms with Crippen molar-refractivity contribution in [2.75, 3.05) is 6.61 Å². The lowest BCUT2D eigenvalue weighted by molar-refractivity contribution is -0.114. The second kappa shape index (κ2) is 11.4. The summed E-state index contributed by atoms with van der Waals surface area (Å²) >= 11 is 1.07. The molecule has 5 aromatic rings. The van der Waals surface area contributed by atoms with E-state index in [0.717, 1.165) is 27.8 Å². The molecule has 0 aliphatic rings. The fourth-order valence-corrected chi connectivity index (χ4v) is 6.09. The van der Waals surface area contributed by atoms with Crippen molar-refractivity contribution >= 4 is 50.8 Å². The van der Waals surface area contributed by atoms with Crippen LogP contribution in [0.2, 0.25) is 0 Å². The minimum atomic E-state index is -0.518. The molecule has 0 unspecified atom stereocenters. The predicted molar refractivity (Wildman–Crippen MR) is 157 cm³/mol. The fraction of sp³-hybridized carbons (Fsp3) is 0.152. The fourth-order valence-electron chi connectivity index (χ4n) is 4.94. The van der Waals surface area contributed by atoms with Gasteiger partial charge in [0, 0.05) is 40.5 Å². The summed E-state index contributed by atoms with van der Waals surface area (Å²) in [5.74, 6) is -0.934. The van der Waals surface area contributed by atoms with E-state index in [1.54, 1.807) is 19.9 Å². The van der Waals surface area contributed by atoms with Gasteiger partial charge in [-0.2, -0.15) is 10.5 Å². The average Bonchev–Trinajstić information content (AvgIpc) is 3.48. The van der Waals surface area contributed by atoms with E-state index < -0.39 is 11.8 Å². The Balaban J connectivity index is 1.49. The summed E-state index contributed by atoms with van der Waals surface area (Å²) in [4.78, 5) is 26.4. The lowest BCUT2D eigenvalue weighted by Crippen LogP contribution is -2.05. The number of benzene rings is 3. The molecule has 196 valence electrons. The minimum absolute atomic E-state index is 0.0132. The van der Waals surface area contributed by atoms with Gasteiger partial charge in [0.25, 0.3) is 0 Å². The molecule has 5 rings (SSSR count). The van der Waals surface area contributed by atoms with Crippen molar-refractivity contribution in [3.63, 3.8) is 0 Å². The number of carbonyl (C=O) groups excluding carboxylic acids is 2. The van der Waals surface area contributed by atoms with Gasteiger partial charge in [-0.05, 0) is 47.9 Å². The van der Waals surface area contributed by atoms with Gasteiger partial charge >= 0.3 is 5.97 Å². The number of thiophene rings is 1. The standard InChI is InChI=1S/C33H25N3O3S/c1-3-39-33(38)32-21(2)28(18-35)31(40-32)16-30(37)24(17-34)15-25-20-36(29-14-7-6-13-27(25)29)19-23-11-8-10-22-9-4-5-12-26(22)23/h4-15,20H,3,16,19H2,1-2H3/b24-15+. The van der Waals surface area contributed by atoms with E-state index in [9.17, 15) is 20.1 Å². The molecule has 7 heteroatoms. The minimum Gasteiger partial charge on any atom is -0.462 e. The number of esters is 1. The molecule has 2 aromatic heterocycles. The van der Waals surface area contributed by atoms with Gasteiger partial charge in [0.1, 0.15) is 17.0 Å². The van der Waals surface area contributed by atoms with Crippen molar-refractivity contribution in [1.29, 1.82) is 10.5 Å². The van der Waals surface area contributed by atoms with E-state index >= 15 is 0 Å². The molecule has 0 aliphatic carbocycles. The molecule has 0 saturated heterocycles. The Morgan fingerprint density at radius 2 is 1.73 bits per heavy atom. The number of para-hydroxylation sites is 1. The molecule has 6 nitrogen and oxygen atoms in total. The van der Waals surface area contributed by atoms with Crippen LogP contribution < -0.4 is 0 Å². The van der Waals surface area contributed by atoms with Crippen LogP contribution in [0.15, 0.2) is 78.5 Å². The number of hydrogen-bond donors (Lipinski definition) is 0. The Kier molecular flexibility index (Phi) is 7.59. The molecule has 0 fully saturated rings. The maximum absolute atomic E-state index is 13.3. The lowest BCUT2D eigenvalue weighted by Gasteiger charge is -2.09. The van der Waals surface area contributed by atoms with Crippen LogP contribution in [0.1, 0.15) is 43.7 Å². The molecule has 0 amide bonds. The van der Waals surface area contributed by atoms with Gasteiger partial charge in [0.2, 0.25) is 0 Å². The summed E-state index contributed by atoms with van der Waals surface area (Å²) in [6, 6.07) is 26.6. The Morgan fingerprint density at radius 3 is 2.48 bits per heavy atom. The smallest absolute Gasteiger partial charge is 0.348 e. The monoisotopic (exact) mass is 543 g/mol. The van der Waals surface area contributed by atoms with Crippen LogP contribution in [0.3, 0.4) is 0 Å². The summed E-state index contributed by atoms with van der Waals surface area (Å²) in [6.07, 6.45) is 3.43. The van der Waals surface area contributed by atoms with E-state index in [1.807, 2.05) is 48.7 Å². The highest BCUT2D eigenvalue weighted by Gasteiger charge is 2.23. The van der Waals surface area contributed by atoms with Crippen molar-refractivity contribution in [3.8, 4) is 12.1 Å². The summed E-state index contributed by atoms with van der Waals surface area (Å²) < 4.78 is 7.22. The number of ketones is 1. The largest absolute Gasteiger partial charge is 0.462 e. The van der Waals surface area contributed by atoms with E-state index in [4.69, 9.17) is 4.74 Å². The van der Waals surface area contributed by atoms with Crippen LogP contribution in [-0.2, 0) is 22.5 Å². The van der Waals surface area contributed by atoms with Gasteiger partial charge in [-0.15, -0.1) is 11.3 Å². The summed E-state index contributed by atoms with van der Waals surface area (Å²) in [7, 11) is 0. The summed E-state index contributed by atoms with van der Waals surface area (Å²) in [6.45, 7) is 4.21. The van der Waals surface area contributed by atoms with E-state index in [0.29, 0.717) is 21.9 Å². The summed E-state index contributed by atoms with van der Waals surface area (Å²) in [5.41, 5.74) is 3.68. The van der Waals surface area contributed by atoms with E-state index in [2.05, 4.69) is 41.0 Å². The first-order valence-corrected chi connectivity index (χ1v) is 13.7. The van der Waals surface area contributed by atoms with Gasteiger partial charge in [0.05, 0.1) is 17.7 Å². The number of Topliss-reactive ketones (excluding diaryl/α,β-unsaturated/α-hetero) is 1. The van der Waals surface area contributed by atoms with Crippen LogP contribution in [0, 0.1) is 29.6 Å². The van der Waals surface area contributed by atoms with Crippen molar-refractivity contribution in [2.24, 2.45) is 0 Å². The first-order valence-electron chi connectivity index (χ1n) is 12.8. The molecule has 0 bridgehead atoms. The van der Waals surface area contributed by atoms with Crippen LogP contribution in [0.5, 0.6) is 0 Å². The number of ether oxygens (including phenoxy) is 1. The average molecular weight is 544 g/mol. The van der Waals surface area contributed by atoms with Gasteiger partial charge < -0.3 is 9.30 Å². The molecule has 0 radical (unpaired) electrons. The highest BCUT2D eigenvalue weighted by Crippen LogP contribution is 2.31. The van der Waals surface area contributed by atoms with Crippen LogP contribution in [0.25, 0.3) is 27.8 Å². The lowest BCUT2D eigenvalue weighted by atomic mass is 10.0. The molecule has 0 atom stereocenters. The Hall–Kier alpha value is -4.98. The van der Waals surface area contributed by atoms with Gasteiger partial charge in [-0.1, -0.05) is 60.7 Å². The topological polar surface area (TPSA) is 95.9 Å². The Morgan fingerprint density at radius 1 is 1.00 bits per heavy atom.